The Hall–Kier alpha value is -2.89. The highest BCUT2D eigenvalue weighted by molar-refractivity contribution is 6.05. The number of hydrogen-bond donors (Lipinski definition) is 0. The molecule has 6 nitrogen and oxygen atoms in total. The average molecular weight is 295 g/mol. The van der Waals surface area contributed by atoms with Crippen molar-refractivity contribution in [2.24, 2.45) is 0 Å². The second-order valence-corrected chi connectivity index (χ2v) is 5.08. The molecule has 110 valence electrons. The maximum Gasteiger partial charge on any atom is 0.280 e. The molecule has 3 aromatic heterocycles. The molecule has 0 aliphatic carbocycles. The van der Waals surface area contributed by atoms with Crippen LogP contribution in [0.25, 0.3) is 11.5 Å². The second kappa shape index (κ2) is 5.14. The molecule has 1 amide bonds. The number of carbonyl (C=O) groups excluding carboxylic acids is 1. The third-order valence-corrected chi connectivity index (χ3v) is 3.69. The molecule has 1 aliphatic heterocycles. The lowest BCUT2D eigenvalue weighted by Gasteiger charge is -2.27. The summed E-state index contributed by atoms with van der Waals surface area (Å²) < 4.78 is 10.4. The molecule has 22 heavy (non-hydrogen) atoms. The molecular weight excluding hydrogens is 282 g/mol. The number of fused-ring (bicyclic) bond motifs is 1. The Bertz CT molecular complexity index is 808. The van der Waals surface area contributed by atoms with Gasteiger partial charge in [0.1, 0.15) is 0 Å². The van der Waals surface area contributed by atoms with Crippen molar-refractivity contribution in [3.05, 3.63) is 54.2 Å². The summed E-state index contributed by atoms with van der Waals surface area (Å²) in [6, 6.07) is 8.86. The van der Waals surface area contributed by atoms with E-state index in [-0.39, 0.29) is 11.6 Å². The van der Waals surface area contributed by atoms with E-state index in [1.165, 1.54) is 0 Å². The zero-order valence-electron chi connectivity index (χ0n) is 11.7. The Morgan fingerprint density at radius 3 is 3.05 bits per heavy atom. The maximum absolute atomic E-state index is 12.7. The first-order valence-corrected chi connectivity index (χ1v) is 7.09. The Labute approximate surface area is 126 Å². The zero-order chi connectivity index (χ0) is 14.9. The topological polar surface area (TPSA) is 72.4 Å². The van der Waals surface area contributed by atoms with Gasteiger partial charge in [0.15, 0.2) is 11.5 Å². The number of pyridine rings is 1. The predicted octanol–water partition coefficient (Wildman–Crippen LogP) is 2.92. The highest BCUT2D eigenvalue weighted by Gasteiger charge is 2.26. The van der Waals surface area contributed by atoms with Gasteiger partial charge >= 0.3 is 0 Å². The molecule has 4 rings (SSSR count). The molecule has 0 saturated heterocycles. The number of anilines is 1. The summed E-state index contributed by atoms with van der Waals surface area (Å²) in [5.74, 6) is 0.805. The molecule has 0 aromatic carbocycles. The van der Waals surface area contributed by atoms with Crippen LogP contribution in [0.15, 0.2) is 51.7 Å². The van der Waals surface area contributed by atoms with Crippen LogP contribution in [0.3, 0.4) is 0 Å². The van der Waals surface area contributed by atoms with Gasteiger partial charge in [-0.3, -0.25) is 9.78 Å². The predicted molar refractivity (Wildman–Crippen MR) is 78.4 cm³/mol. The highest BCUT2D eigenvalue weighted by Crippen LogP contribution is 2.27. The third-order valence-electron chi connectivity index (χ3n) is 3.69. The molecule has 0 bridgehead atoms. The summed E-state index contributed by atoms with van der Waals surface area (Å²) in [5.41, 5.74) is 2.06. The molecule has 0 fully saturated rings. The first kappa shape index (κ1) is 12.8. The summed E-state index contributed by atoms with van der Waals surface area (Å²) in [6.45, 7) is 0.653. The van der Waals surface area contributed by atoms with Crippen LogP contribution in [0.2, 0.25) is 0 Å². The van der Waals surface area contributed by atoms with Crippen LogP contribution >= 0.6 is 0 Å². The smallest absolute Gasteiger partial charge is 0.280 e. The van der Waals surface area contributed by atoms with Gasteiger partial charge < -0.3 is 13.8 Å². The first-order valence-electron chi connectivity index (χ1n) is 7.09. The van der Waals surface area contributed by atoms with Crippen LogP contribution in [0, 0.1) is 0 Å². The van der Waals surface area contributed by atoms with E-state index in [0.717, 1.165) is 24.2 Å². The quantitative estimate of drug-likeness (QED) is 0.727. The molecule has 0 saturated carbocycles. The van der Waals surface area contributed by atoms with Crippen LogP contribution in [-0.4, -0.2) is 22.6 Å². The number of rotatable bonds is 2. The Morgan fingerprint density at radius 2 is 2.18 bits per heavy atom. The van der Waals surface area contributed by atoms with Crippen molar-refractivity contribution in [1.82, 2.24) is 10.1 Å². The van der Waals surface area contributed by atoms with Crippen molar-refractivity contribution in [2.75, 3.05) is 11.4 Å². The number of carbonyl (C=O) groups is 1. The van der Waals surface area contributed by atoms with Crippen molar-refractivity contribution in [3.8, 4) is 11.5 Å². The van der Waals surface area contributed by atoms with Gasteiger partial charge in [0.05, 0.1) is 17.6 Å². The van der Waals surface area contributed by atoms with Gasteiger partial charge in [-0.15, -0.1) is 0 Å². The molecule has 0 atom stereocenters. The lowest BCUT2D eigenvalue weighted by atomic mass is 10.1. The molecular formula is C16H13N3O3. The summed E-state index contributed by atoms with van der Waals surface area (Å²) in [7, 11) is 0. The molecule has 3 aromatic rings. The summed E-state index contributed by atoms with van der Waals surface area (Å²) >= 11 is 0. The number of aromatic nitrogens is 2. The van der Waals surface area contributed by atoms with Crippen LogP contribution in [-0.2, 0) is 6.42 Å². The molecule has 4 heterocycles. The van der Waals surface area contributed by atoms with Crippen LogP contribution < -0.4 is 4.90 Å². The van der Waals surface area contributed by atoms with E-state index in [4.69, 9.17) is 8.94 Å². The summed E-state index contributed by atoms with van der Waals surface area (Å²) in [4.78, 5) is 18.7. The van der Waals surface area contributed by atoms with Crippen molar-refractivity contribution in [3.63, 3.8) is 0 Å². The number of furan rings is 1. The van der Waals surface area contributed by atoms with E-state index in [9.17, 15) is 4.79 Å². The normalized spacial score (nSPS) is 13.9. The Balaban J connectivity index is 1.66. The Morgan fingerprint density at radius 1 is 1.23 bits per heavy atom. The lowest BCUT2D eigenvalue weighted by Crippen LogP contribution is -2.36. The molecule has 1 aliphatic rings. The summed E-state index contributed by atoms with van der Waals surface area (Å²) in [5, 5.41) is 3.87. The molecule has 0 spiro atoms. The zero-order valence-corrected chi connectivity index (χ0v) is 11.7. The fourth-order valence-corrected chi connectivity index (χ4v) is 2.65. The van der Waals surface area contributed by atoms with Crippen molar-refractivity contribution in [2.45, 2.75) is 12.8 Å². The first-order chi connectivity index (χ1) is 10.8. The third kappa shape index (κ3) is 2.09. The van der Waals surface area contributed by atoms with Gasteiger partial charge in [0, 0.05) is 18.8 Å². The average Bonchev–Trinajstić information content (AvgIpc) is 3.24. The van der Waals surface area contributed by atoms with Gasteiger partial charge in [-0.2, -0.15) is 0 Å². The fourth-order valence-electron chi connectivity index (χ4n) is 2.65. The van der Waals surface area contributed by atoms with E-state index in [0.29, 0.717) is 18.1 Å². The van der Waals surface area contributed by atoms with Crippen LogP contribution in [0.5, 0.6) is 0 Å². The van der Waals surface area contributed by atoms with Crippen LogP contribution in [0.1, 0.15) is 22.6 Å². The number of hydrogen-bond acceptors (Lipinski definition) is 5. The van der Waals surface area contributed by atoms with E-state index < -0.39 is 0 Å². The molecule has 0 N–H and O–H groups in total. The number of amides is 1. The minimum Gasteiger partial charge on any atom is -0.461 e. The van der Waals surface area contributed by atoms with E-state index in [1.807, 2.05) is 12.1 Å². The molecule has 0 unspecified atom stereocenters. The van der Waals surface area contributed by atoms with Gasteiger partial charge in [-0.1, -0.05) is 5.16 Å². The van der Waals surface area contributed by atoms with Crippen LogP contribution in [0.4, 0.5) is 5.69 Å². The Kier molecular flexibility index (Phi) is 3.00. The molecule has 0 radical (unpaired) electrons. The van der Waals surface area contributed by atoms with E-state index >= 15 is 0 Å². The minimum atomic E-state index is -0.185. The summed E-state index contributed by atoms with van der Waals surface area (Å²) in [6.07, 6.45) is 5.07. The van der Waals surface area contributed by atoms with Gasteiger partial charge in [0.25, 0.3) is 5.91 Å². The molecule has 6 heteroatoms. The fraction of sp³-hybridized carbons (Fsp3) is 0.188. The monoisotopic (exact) mass is 295 g/mol. The minimum absolute atomic E-state index is 0.185. The lowest BCUT2D eigenvalue weighted by molar-refractivity contribution is 0.0976. The van der Waals surface area contributed by atoms with Crippen molar-refractivity contribution >= 4 is 11.6 Å². The SMILES string of the molecule is O=C(c1cc(-c2ccco2)on1)N1CCCc2ncccc21. The van der Waals surface area contributed by atoms with E-state index in [2.05, 4.69) is 10.1 Å². The largest absolute Gasteiger partial charge is 0.461 e. The second-order valence-electron chi connectivity index (χ2n) is 5.08. The standard InChI is InChI=1S/C16H13N3O3/c20-16(12-10-15(22-18-12)14-6-3-9-21-14)19-8-2-4-11-13(19)5-1-7-17-11/h1,3,5-7,9-10H,2,4,8H2. The maximum atomic E-state index is 12.7. The number of aryl methyl sites for hydroxylation is 1. The van der Waals surface area contributed by atoms with Crippen molar-refractivity contribution < 1.29 is 13.7 Å². The van der Waals surface area contributed by atoms with E-state index in [1.54, 1.807) is 35.6 Å². The van der Waals surface area contributed by atoms with Gasteiger partial charge in [-0.05, 0) is 37.1 Å². The van der Waals surface area contributed by atoms with Gasteiger partial charge in [0.2, 0.25) is 5.76 Å². The number of nitrogens with zero attached hydrogens (tertiary/aromatic N) is 3. The van der Waals surface area contributed by atoms with Crippen molar-refractivity contribution in [1.29, 1.82) is 0 Å². The highest BCUT2D eigenvalue weighted by atomic mass is 16.5. The van der Waals surface area contributed by atoms with Gasteiger partial charge in [-0.25, -0.2) is 0 Å².